The molecule has 0 unspecified atom stereocenters. The van der Waals surface area contributed by atoms with E-state index in [0.29, 0.717) is 0 Å². The van der Waals surface area contributed by atoms with E-state index in [9.17, 15) is 8.78 Å². The Morgan fingerprint density at radius 1 is 0.500 bits per heavy atom. The van der Waals surface area contributed by atoms with E-state index in [0.717, 1.165) is 21.6 Å². The summed E-state index contributed by atoms with van der Waals surface area (Å²) in [6, 6.07) is 26.3. The fourth-order valence-electron chi connectivity index (χ4n) is 2.28. The van der Waals surface area contributed by atoms with Gasteiger partial charge in [0.25, 0.3) is 0 Å². The summed E-state index contributed by atoms with van der Waals surface area (Å²) in [5, 5.41) is 0. The lowest BCUT2D eigenvalue weighted by Gasteiger charge is -1.92. The van der Waals surface area contributed by atoms with Crippen LogP contribution >= 0.6 is 122 Å². The predicted octanol–water partition coefficient (Wildman–Crippen LogP) is 11.6. The second kappa shape index (κ2) is 18.0. The first-order valence-corrected chi connectivity index (χ1v) is 15.5. The second-order valence-electron chi connectivity index (χ2n) is 6.77. The van der Waals surface area contributed by atoms with E-state index in [1.165, 1.54) is 37.0 Å². The van der Waals surface area contributed by atoms with E-state index in [1.807, 2.05) is 31.2 Å². The number of halogens is 8. The van der Waals surface area contributed by atoms with Crippen LogP contribution in [0.25, 0.3) is 0 Å². The summed E-state index contributed by atoms with van der Waals surface area (Å²) in [5.74, 6) is -0.354. The van der Waals surface area contributed by atoms with Crippen molar-refractivity contribution in [3.8, 4) is 0 Å². The zero-order valence-electron chi connectivity index (χ0n) is 18.1. The molecule has 0 saturated carbocycles. The molecular weight excluding hydrogens is 1020 g/mol. The first-order valence-electron chi connectivity index (χ1n) is 9.62. The zero-order valence-corrected chi connectivity index (χ0v) is 29.9. The van der Waals surface area contributed by atoms with Gasteiger partial charge in [-0.2, -0.15) is 0 Å². The minimum Gasteiger partial charge on any atom is -0.207 e. The van der Waals surface area contributed by atoms with Crippen molar-refractivity contribution in [3.05, 3.63) is 131 Å². The van der Waals surface area contributed by atoms with Gasteiger partial charge in [-0.05, 0) is 177 Å². The SMILES string of the molecule is Brc1cccc(I)c1.Cc1cc(F)cc(I)c1.Cc1cccc(I)c1.Fc1cc(Br)cc(I)c1. The molecule has 0 aliphatic rings. The average molecular weight is 1040 g/mol. The maximum absolute atomic E-state index is 12.4. The van der Waals surface area contributed by atoms with Crippen LogP contribution in [0.15, 0.2) is 93.9 Å². The lowest BCUT2D eigenvalue weighted by atomic mass is 10.2. The molecule has 0 heterocycles. The number of rotatable bonds is 0. The number of hydrogen-bond acceptors (Lipinski definition) is 0. The Morgan fingerprint density at radius 2 is 0.971 bits per heavy atom. The highest BCUT2D eigenvalue weighted by Gasteiger charge is 1.93. The summed E-state index contributed by atoms with van der Waals surface area (Å²) in [4.78, 5) is 0. The van der Waals surface area contributed by atoms with Crippen molar-refractivity contribution >= 4 is 122 Å². The fraction of sp³-hybridized carbons (Fsp3) is 0.0769. The van der Waals surface area contributed by atoms with E-state index in [1.54, 1.807) is 0 Å². The third-order valence-corrected chi connectivity index (χ3v) is 7.14. The maximum Gasteiger partial charge on any atom is 0.125 e. The molecule has 0 fully saturated rings. The zero-order chi connectivity index (χ0) is 25.7. The molecule has 0 radical (unpaired) electrons. The second-order valence-corrected chi connectivity index (χ2v) is 13.6. The van der Waals surface area contributed by atoms with Crippen molar-refractivity contribution < 1.29 is 8.78 Å². The van der Waals surface area contributed by atoms with E-state index in [4.69, 9.17) is 0 Å². The monoisotopic (exact) mass is 1040 g/mol. The van der Waals surface area contributed by atoms with Gasteiger partial charge in [0.1, 0.15) is 11.6 Å². The van der Waals surface area contributed by atoms with Crippen molar-refractivity contribution in [3.63, 3.8) is 0 Å². The van der Waals surface area contributed by atoms with Crippen LogP contribution in [-0.2, 0) is 0 Å². The summed E-state index contributed by atoms with van der Waals surface area (Å²) in [7, 11) is 0. The molecular formula is C26H20Br2F2I4. The molecule has 0 bridgehead atoms. The highest BCUT2D eigenvalue weighted by Crippen LogP contribution is 2.16. The van der Waals surface area contributed by atoms with E-state index < -0.39 is 0 Å². The minimum absolute atomic E-state index is 0.153. The van der Waals surface area contributed by atoms with Crippen LogP contribution in [0.5, 0.6) is 0 Å². The van der Waals surface area contributed by atoms with Crippen LogP contribution in [0.4, 0.5) is 8.78 Å². The molecule has 0 aromatic heterocycles. The van der Waals surface area contributed by atoms with Crippen molar-refractivity contribution in [1.82, 2.24) is 0 Å². The first kappa shape index (κ1) is 32.6. The van der Waals surface area contributed by atoms with Gasteiger partial charge in [0.2, 0.25) is 0 Å². The fourth-order valence-corrected chi connectivity index (χ4v) is 6.66. The molecule has 4 aromatic carbocycles. The van der Waals surface area contributed by atoms with Gasteiger partial charge in [-0.15, -0.1) is 0 Å². The maximum atomic E-state index is 12.4. The van der Waals surface area contributed by atoms with Crippen LogP contribution in [-0.4, -0.2) is 0 Å². The highest BCUT2D eigenvalue weighted by molar-refractivity contribution is 14.1. The standard InChI is InChI=1S/C7H6FI.C7H7I.C6H3BrFI.C6H4BrI/c1-5-2-6(8)4-7(9)3-5;1-6-3-2-4-7(8)5-6;7-4-1-5(8)3-6(9)2-4;7-5-2-1-3-6(8)4-5/h2-4H,1H3;2-5H,1H3;1-3H;1-4H. The lowest BCUT2D eigenvalue weighted by molar-refractivity contribution is 0.625. The third-order valence-electron chi connectivity index (χ3n) is 3.60. The predicted molar refractivity (Wildman–Crippen MR) is 181 cm³/mol. The Hall–Kier alpha value is 0.620. The number of hydrogen-bond donors (Lipinski definition) is 0. The van der Waals surface area contributed by atoms with Crippen molar-refractivity contribution in [2.75, 3.05) is 0 Å². The Balaban J connectivity index is 0.000000227. The van der Waals surface area contributed by atoms with Gasteiger partial charge in [-0.25, -0.2) is 8.78 Å². The summed E-state index contributed by atoms with van der Waals surface area (Å²) in [5.41, 5.74) is 2.30. The van der Waals surface area contributed by atoms with Gasteiger partial charge < -0.3 is 0 Å². The Morgan fingerprint density at radius 3 is 1.32 bits per heavy atom. The smallest absolute Gasteiger partial charge is 0.125 e. The van der Waals surface area contributed by atoms with Crippen molar-refractivity contribution in [2.24, 2.45) is 0 Å². The highest BCUT2D eigenvalue weighted by atomic mass is 127. The molecule has 0 spiro atoms. The average Bonchev–Trinajstić information content (AvgIpc) is 2.67. The van der Waals surface area contributed by atoms with Gasteiger partial charge in [0.15, 0.2) is 0 Å². The number of benzene rings is 4. The van der Waals surface area contributed by atoms with Crippen LogP contribution in [0, 0.1) is 39.8 Å². The van der Waals surface area contributed by atoms with Crippen LogP contribution < -0.4 is 0 Å². The summed E-state index contributed by atoms with van der Waals surface area (Å²) in [6.07, 6.45) is 0. The Kier molecular flexibility index (Phi) is 17.3. The number of aryl methyl sites for hydroxylation is 2. The van der Waals surface area contributed by atoms with Crippen LogP contribution in [0.3, 0.4) is 0 Å². The quantitative estimate of drug-likeness (QED) is 0.154. The van der Waals surface area contributed by atoms with Gasteiger partial charge in [-0.1, -0.05) is 55.6 Å². The molecule has 0 amide bonds. The molecule has 180 valence electrons. The summed E-state index contributed by atoms with van der Waals surface area (Å²) in [6.45, 7) is 3.98. The Bertz CT molecular complexity index is 959. The third kappa shape index (κ3) is 16.4. The van der Waals surface area contributed by atoms with Crippen LogP contribution in [0.2, 0.25) is 0 Å². The molecule has 4 rings (SSSR count). The molecule has 0 nitrogen and oxygen atoms in total. The van der Waals surface area contributed by atoms with E-state index >= 15 is 0 Å². The molecule has 0 saturated heterocycles. The largest absolute Gasteiger partial charge is 0.207 e. The minimum atomic E-state index is -0.200. The Labute approximate surface area is 271 Å². The van der Waals surface area contributed by atoms with Crippen LogP contribution in [0.1, 0.15) is 11.1 Å². The molecule has 0 atom stereocenters. The first-order chi connectivity index (χ1) is 15.9. The van der Waals surface area contributed by atoms with Crippen molar-refractivity contribution in [2.45, 2.75) is 13.8 Å². The van der Waals surface area contributed by atoms with Gasteiger partial charge in [0, 0.05) is 23.2 Å². The van der Waals surface area contributed by atoms with Gasteiger partial charge in [0.05, 0.1) is 0 Å². The van der Waals surface area contributed by atoms with E-state index in [-0.39, 0.29) is 11.6 Å². The molecule has 4 aromatic rings. The molecule has 0 aliphatic heterocycles. The molecule has 8 heteroatoms. The molecule has 0 aliphatic carbocycles. The normalized spacial score (nSPS) is 9.47. The summed E-state index contributed by atoms with van der Waals surface area (Å²) >= 11 is 15.3. The lowest BCUT2D eigenvalue weighted by Crippen LogP contribution is -1.78. The van der Waals surface area contributed by atoms with Gasteiger partial charge >= 0.3 is 0 Å². The topological polar surface area (TPSA) is 0 Å². The molecule has 34 heavy (non-hydrogen) atoms. The van der Waals surface area contributed by atoms with E-state index in [2.05, 4.69) is 166 Å². The molecule has 0 N–H and O–H groups in total. The van der Waals surface area contributed by atoms with Gasteiger partial charge in [-0.3, -0.25) is 0 Å². The van der Waals surface area contributed by atoms with Crippen molar-refractivity contribution in [1.29, 1.82) is 0 Å². The summed E-state index contributed by atoms with van der Waals surface area (Å²) < 4.78 is 31.2.